The lowest BCUT2D eigenvalue weighted by molar-refractivity contribution is 0.240. The fourth-order valence-corrected chi connectivity index (χ4v) is 5.17. The number of urea groups is 1. The summed E-state index contributed by atoms with van der Waals surface area (Å²) in [7, 11) is 0. The number of nitrogens with one attached hydrogen (secondary N) is 2. The van der Waals surface area contributed by atoms with Crippen molar-refractivity contribution in [2.45, 2.75) is 64.2 Å². The standard InChI is InChI=1S/C32H35N7O/c1-23(2)38-22-27(21-36-38)26-9-13-29(14-10-26)39(32(40)35-19-24-6-4-3-5-7-24)30-15-11-28(12-16-30)37-31-17-8-25(18-33)20-34-31/h3-10,13-14,17,20-23,28,30H,11-12,15-16,19H2,1-2H3,(H,34,37)(H,35,40). The van der Waals surface area contributed by atoms with Crippen LogP contribution < -0.4 is 15.5 Å². The Labute approximate surface area is 235 Å². The van der Waals surface area contributed by atoms with Crippen LogP contribution >= 0.6 is 0 Å². The van der Waals surface area contributed by atoms with Gasteiger partial charge in [-0.15, -0.1) is 0 Å². The topological polar surface area (TPSA) is 98.9 Å². The smallest absolute Gasteiger partial charge is 0.322 e. The highest BCUT2D eigenvalue weighted by Crippen LogP contribution is 2.31. The molecule has 0 radical (unpaired) electrons. The number of rotatable bonds is 8. The summed E-state index contributed by atoms with van der Waals surface area (Å²) in [6, 6.07) is 24.5. The lowest BCUT2D eigenvalue weighted by Gasteiger charge is -2.37. The van der Waals surface area contributed by atoms with E-state index in [0.29, 0.717) is 18.2 Å². The Morgan fingerprint density at radius 2 is 1.75 bits per heavy atom. The van der Waals surface area contributed by atoms with Crippen LogP contribution in [0, 0.1) is 11.3 Å². The maximum absolute atomic E-state index is 13.6. The van der Waals surface area contributed by atoms with E-state index in [0.717, 1.165) is 53.9 Å². The maximum atomic E-state index is 13.6. The van der Waals surface area contributed by atoms with Crippen LogP contribution in [-0.4, -0.2) is 32.9 Å². The van der Waals surface area contributed by atoms with Crippen molar-refractivity contribution >= 4 is 17.5 Å². The van der Waals surface area contributed by atoms with Gasteiger partial charge in [0.05, 0.1) is 11.8 Å². The Morgan fingerprint density at radius 1 is 1.00 bits per heavy atom. The number of carbonyl (C=O) groups excluding carboxylic acids is 1. The molecule has 8 heteroatoms. The number of hydrogen-bond donors (Lipinski definition) is 2. The average Bonchev–Trinajstić information content (AvgIpc) is 3.49. The molecule has 4 aromatic rings. The normalized spacial score (nSPS) is 16.8. The zero-order chi connectivity index (χ0) is 27.9. The molecule has 1 fully saturated rings. The van der Waals surface area contributed by atoms with Gasteiger partial charge < -0.3 is 10.6 Å². The molecule has 1 saturated carbocycles. The van der Waals surface area contributed by atoms with Crippen molar-refractivity contribution < 1.29 is 4.79 Å². The number of pyridine rings is 1. The third kappa shape index (κ3) is 6.49. The van der Waals surface area contributed by atoms with Crippen molar-refractivity contribution in [2.24, 2.45) is 0 Å². The minimum Gasteiger partial charge on any atom is -0.367 e. The molecule has 0 saturated heterocycles. The molecule has 0 spiro atoms. The maximum Gasteiger partial charge on any atom is 0.322 e. The molecule has 5 rings (SSSR count). The SMILES string of the molecule is CC(C)n1cc(-c2ccc(N(C(=O)NCc3ccccc3)C3CCC(Nc4ccc(C#N)cn4)CC3)cc2)cn1. The van der Waals surface area contributed by atoms with Gasteiger partial charge in [-0.2, -0.15) is 10.4 Å². The van der Waals surface area contributed by atoms with E-state index in [1.807, 2.05) is 64.3 Å². The Balaban J connectivity index is 1.30. The third-order valence-electron chi connectivity index (χ3n) is 7.42. The van der Waals surface area contributed by atoms with Crippen molar-refractivity contribution in [3.8, 4) is 17.2 Å². The van der Waals surface area contributed by atoms with Crippen LogP contribution in [0.2, 0.25) is 0 Å². The van der Waals surface area contributed by atoms with Gasteiger partial charge in [0.25, 0.3) is 0 Å². The molecule has 0 bridgehead atoms. The van der Waals surface area contributed by atoms with E-state index >= 15 is 0 Å². The Hall–Kier alpha value is -4.64. The predicted octanol–water partition coefficient (Wildman–Crippen LogP) is 6.54. The van der Waals surface area contributed by atoms with E-state index in [-0.39, 0.29) is 18.1 Å². The first-order valence-electron chi connectivity index (χ1n) is 13.9. The van der Waals surface area contributed by atoms with Crippen LogP contribution in [0.15, 0.2) is 85.3 Å². The fourth-order valence-electron chi connectivity index (χ4n) is 5.17. The summed E-state index contributed by atoms with van der Waals surface area (Å²) < 4.78 is 1.95. The largest absolute Gasteiger partial charge is 0.367 e. The molecule has 0 unspecified atom stereocenters. The summed E-state index contributed by atoms with van der Waals surface area (Å²) in [4.78, 5) is 19.9. The molecule has 1 aliphatic carbocycles. The molecule has 204 valence electrons. The molecular formula is C32H35N7O. The van der Waals surface area contributed by atoms with E-state index in [2.05, 4.69) is 59.0 Å². The number of nitrogens with zero attached hydrogens (tertiary/aromatic N) is 5. The average molecular weight is 534 g/mol. The van der Waals surface area contributed by atoms with E-state index in [1.54, 1.807) is 12.3 Å². The molecule has 2 heterocycles. The Kier molecular flexibility index (Phi) is 8.41. The summed E-state index contributed by atoms with van der Waals surface area (Å²) in [5.41, 5.74) is 4.63. The van der Waals surface area contributed by atoms with Gasteiger partial charge in [-0.1, -0.05) is 42.5 Å². The van der Waals surface area contributed by atoms with Gasteiger partial charge >= 0.3 is 6.03 Å². The summed E-state index contributed by atoms with van der Waals surface area (Å²) in [6.07, 6.45) is 9.11. The summed E-state index contributed by atoms with van der Waals surface area (Å²) in [6.45, 7) is 4.69. The quantitative estimate of drug-likeness (QED) is 0.268. The van der Waals surface area contributed by atoms with Gasteiger partial charge in [0.1, 0.15) is 11.9 Å². The first-order valence-corrected chi connectivity index (χ1v) is 13.9. The van der Waals surface area contributed by atoms with Crippen molar-refractivity contribution in [3.63, 3.8) is 0 Å². The number of carbonyl (C=O) groups is 1. The summed E-state index contributed by atoms with van der Waals surface area (Å²) in [5.74, 6) is 0.774. The highest BCUT2D eigenvalue weighted by molar-refractivity contribution is 5.93. The van der Waals surface area contributed by atoms with Crippen LogP contribution in [0.25, 0.3) is 11.1 Å². The van der Waals surface area contributed by atoms with Gasteiger partial charge in [0, 0.05) is 48.3 Å². The van der Waals surface area contributed by atoms with E-state index < -0.39 is 0 Å². The molecule has 2 amide bonds. The molecule has 1 aliphatic rings. The van der Waals surface area contributed by atoms with E-state index in [4.69, 9.17) is 5.26 Å². The van der Waals surface area contributed by atoms with Gasteiger partial charge in [-0.25, -0.2) is 9.78 Å². The number of benzene rings is 2. The van der Waals surface area contributed by atoms with Crippen LogP contribution in [0.3, 0.4) is 0 Å². The van der Waals surface area contributed by atoms with Gasteiger partial charge in [0.15, 0.2) is 0 Å². The van der Waals surface area contributed by atoms with Crippen molar-refractivity contribution in [1.29, 1.82) is 5.26 Å². The molecule has 8 nitrogen and oxygen atoms in total. The monoisotopic (exact) mass is 533 g/mol. The van der Waals surface area contributed by atoms with Crippen LogP contribution in [0.4, 0.5) is 16.3 Å². The highest BCUT2D eigenvalue weighted by Gasteiger charge is 2.30. The summed E-state index contributed by atoms with van der Waals surface area (Å²) >= 11 is 0. The first kappa shape index (κ1) is 26.9. The van der Waals surface area contributed by atoms with Crippen LogP contribution in [0.5, 0.6) is 0 Å². The zero-order valence-corrected chi connectivity index (χ0v) is 23.0. The molecule has 2 N–H and O–H groups in total. The Morgan fingerprint density at radius 3 is 2.38 bits per heavy atom. The molecular weight excluding hydrogens is 498 g/mol. The number of aromatic nitrogens is 3. The lowest BCUT2D eigenvalue weighted by atomic mass is 9.89. The van der Waals surface area contributed by atoms with Gasteiger partial charge in [-0.3, -0.25) is 9.58 Å². The highest BCUT2D eigenvalue weighted by atomic mass is 16.2. The number of amides is 2. The second kappa shape index (κ2) is 12.5. The predicted molar refractivity (Wildman–Crippen MR) is 158 cm³/mol. The number of anilines is 2. The van der Waals surface area contributed by atoms with Crippen LogP contribution in [-0.2, 0) is 6.54 Å². The van der Waals surface area contributed by atoms with Crippen LogP contribution in [0.1, 0.15) is 56.7 Å². The molecule has 40 heavy (non-hydrogen) atoms. The van der Waals surface area contributed by atoms with Gasteiger partial charge in [0.2, 0.25) is 0 Å². The third-order valence-corrected chi connectivity index (χ3v) is 7.42. The minimum absolute atomic E-state index is 0.0808. The van der Waals surface area contributed by atoms with Gasteiger partial charge in [-0.05, 0) is 74.9 Å². The lowest BCUT2D eigenvalue weighted by Crippen LogP contribution is -2.48. The minimum atomic E-state index is -0.0885. The zero-order valence-electron chi connectivity index (χ0n) is 23.0. The molecule has 0 aliphatic heterocycles. The van der Waals surface area contributed by atoms with Crippen molar-refractivity contribution in [3.05, 3.63) is 96.4 Å². The number of hydrogen-bond acceptors (Lipinski definition) is 5. The molecule has 0 atom stereocenters. The molecule has 2 aromatic carbocycles. The van der Waals surface area contributed by atoms with Crippen molar-refractivity contribution in [1.82, 2.24) is 20.1 Å². The fraction of sp³-hybridized carbons (Fsp3) is 0.312. The summed E-state index contributed by atoms with van der Waals surface area (Å²) in [5, 5.41) is 20.1. The van der Waals surface area contributed by atoms with E-state index in [9.17, 15) is 4.79 Å². The Bertz CT molecular complexity index is 1430. The second-order valence-electron chi connectivity index (χ2n) is 10.6. The van der Waals surface area contributed by atoms with Crippen molar-refractivity contribution in [2.75, 3.05) is 10.2 Å². The second-order valence-corrected chi connectivity index (χ2v) is 10.6. The van der Waals surface area contributed by atoms with E-state index in [1.165, 1.54) is 0 Å². The number of nitriles is 1. The first-order chi connectivity index (χ1) is 19.5. The molecule has 2 aromatic heterocycles.